The van der Waals surface area contributed by atoms with Gasteiger partial charge in [0.25, 0.3) is 0 Å². The minimum Gasteiger partial charge on any atom is -0.323 e. The van der Waals surface area contributed by atoms with Crippen LogP contribution in [0.4, 0.5) is 5.69 Å². The fourth-order valence-electron chi connectivity index (χ4n) is 5.28. The van der Waals surface area contributed by atoms with Crippen LogP contribution in [0.5, 0.6) is 0 Å². The van der Waals surface area contributed by atoms with Crippen LogP contribution in [0, 0.1) is 35.5 Å². The Labute approximate surface area is 156 Å². The van der Waals surface area contributed by atoms with E-state index < -0.39 is 11.9 Å². The lowest BCUT2D eigenvalue weighted by molar-refractivity contribution is -0.146. The van der Waals surface area contributed by atoms with Gasteiger partial charge in [0, 0.05) is 0 Å². The molecule has 6 heteroatoms. The lowest BCUT2D eigenvalue weighted by Crippen LogP contribution is -2.46. The maximum Gasteiger partial charge on any atom is 0.247 e. The predicted octanol–water partition coefficient (Wildman–Crippen LogP) is 2.72. The number of halogens is 1. The minimum absolute atomic E-state index is 0.162. The molecular formula is C20H19ClN2O3. The second-order valence-electron chi connectivity index (χ2n) is 7.85. The molecular weight excluding hydrogens is 352 g/mol. The molecule has 1 aromatic rings. The number of imide groups is 1. The molecule has 1 aliphatic heterocycles. The molecule has 2 saturated carbocycles. The third-order valence-electron chi connectivity index (χ3n) is 6.60. The highest BCUT2D eigenvalue weighted by Crippen LogP contribution is 2.65. The van der Waals surface area contributed by atoms with Gasteiger partial charge in [-0.25, -0.2) is 0 Å². The van der Waals surface area contributed by atoms with E-state index >= 15 is 0 Å². The summed E-state index contributed by atoms with van der Waals surface area (Å²) in [4.78, 5) is 39.9. The molecule has 0 spiro atoms. The predicted molar refractivity (Wildman–Crippen MR) is 96.1 cm³/mol. The number of hydrogen-bond acceptors (Lipinski definition) is 3. The van der Waals surface area contributed by atoms with Gasteiger partial charge in [-0.05, 0) is 49.1 Å². The molecule has 2 bridgehead atoms. The molecule has 134 valence electrons. The third-order valence-corrected chi connectivity index (χ3v) is 6.92. The number of para-hydroxylation sites is 1. The van der Waals surface area contributed by atoms with Crippen molar-refractivity contribution in [3.05, 3.63) is 41.4 Å². The van der Waals surface area contributed by atoms with Crippen LogP contribution >= 0.6 is 11.6 Å². The summed E-state index contributed by atoms with van der Waals surface area (Å²) in [5, 5.41) is 3.15. The number of amides is 3. The van der Waals surface area contributed by atoms with E-state index in [9.17, 15) is 14.4 Å². The second kappa shape index (κ2) is 5.43. The molecule has 1 N–H and O–H groups in total. The second-order valence-corrected chi connectivity index (χ2v) is 8.25. The number of likely N-dealkylation sites (tertiary alicyclic amines) is 1. The zero-order chi connectivity index (χ0) is 18.2. The van der Waals surface area contributed by atoms with Crippen LogP contribution in [-0.2, 0) is 14.4 Å². The lowest BCUT2D eigenvalue weighted by Gasteiger charge is -2.37. The molecule has 26 heavy (non-hydrogen) atoms. The first-order chi connectivity index (χ1) is 12.5. The van der Waals surface area contributed by atoms with Crippen molar-refractivity contribution in [2.24, 2.45) is 35.5 Å². The van der Waals surface area contributed by atoms with Gasteiger partial charge >= 0.3 is 0 Å². The molecule has 3 fully saturated rings. The van der Waals surface area contributed by atoms with Crippen LogP contribution in [0.15, 0.2) is 36.4 Å². The van der Waals surface area contributed by atoms with Crippen LogP contribution < -0.4 is 5.32 Å². The van der Waals surface area contributed by atoms with Crippen molar-refractivity contribution in [1.82, 2.24) is 4.90 Å². The van der Waals surface area contributed by atoms with Crippen LogP contribution in [-0.4, -0.2) is 28.7 Å². The van der Waals surface area contributed by atoms with E-state index in [1.807, 2.05) is 0 Å². The summed E-state index contributed by atoms with van der Waals surface area (Å²) in [6.07, 6.45) is 5.38. The summed E-state index contributed by atoms with van der Waals surface area (Å²) in [6.45, 7) is 1.61. The maximum atomic E-state index is 13.0. The summed E-state index contributed by atoms with van der Waals surface area (Å²) in [6, 6.07) is 6.06. The number of benzene rings is 1. The maximum absolute atomic E-state index is 13.0. The van der Waals surface area contributed by atoms with E-state index in [4.69, 9.17) is 11.6 Å². The number of carbonyl (C=O) groups is 3. The summed E-state index contributed by atoms with van der Waals surface area (Å²) in [5.41, 5.74) is 0.477. The van der Waals surface area contributed by atoms with Crippen molar-refractivity contribution in [1.29, 1.82) is 0 Å². The number of anilines is 1. The van der Waals surface area contributed by atoms with Crippen molar-refractivity contribution in [2.45, 2.75) is 19.4 Å². The highest BCUT2D eigenvalue weighted by molar-refractivity contribution is 6.33. The van der Waals surface area contributed by atoms with E-state index in [1.54, 1.807) is 31.2 Å². The molecule has 7 atom stereocenters. The average molecular weight is 371 g/mol. The average Bonchev–Trinajstić information content (AvgIpc) is 3.41. The molecule has 1 saturated heterocycles. The molecule has 6 rings (SSSR count). The Balaban J connectivity index is 1.39. The Kier molecular flexibility index (Phi) is 3.35. The largest absolute Gasteiger partial charge is 0.323 e. The zero-order valence-corrected chi connectivity index (χ0v) is 15.0. The van der Waals surface area contributed by atoms with E-state index in [0.29, 0.717) is 22.5 Å². The number of hydrogen-bond donors (Lipinski definition) is 1. The first-order valence-electron chi connectivity index (χ1n) is 9.09. The normalized spacial score (nSPS) is 37.4. The van der Waals surface area contributed by atoms with Crippen LogP contribution in [0.25, 0.3) is 0 Å². The van der Waals surface area contributed by atoms with Gasteiger partial charge in [-0.1, -0.05) is 35.9 Å². The number of nitrogens with one attached hydrogen (secondary N) is 1. The summed E-state index contributed by atoms with van der Waals surface area (Å²) in [7, 11) is 0. The van der Waals surface area contributed by atoms with Gasteiger partial charge in [0.15, 0.2) is 0 Å². The molecule has 1 aromatic carbocycles. The number of carbonyl (C=O) groups excluding carboxylic acids is 3. The summed E-state index contributed by atoms with van der Waals surface area (Å²) < 4.78 is 0. The lowest BCUT2D eigenvalue weighted by atomic mass is 9.63. The van der Waals surface area contributed by atoms with Gasteiger partial charge in [-0.15, -0.1) is 0 Å². The van der Waals surface area contributed by atoms with Crippen molar-refractivity contribution in [3.8, 4) is 0 Å². The van der Waals surface area contributed by atoms with Gasteiger partial charge in [-0.2, -0.15) is 0 Å². The molecule has 0 aromatic heterocycles. The number of allylic oxidation sites excluding steroid dienone is 2. The fourth-order valence-corrected chi connectivity index (χ4v) is 5.46. The SMILES string of the molecule is C[C@H](C(=O)Nc1ccccc1Cl)N1C(=O)[C@@H]2[C@H]3C=C[C@@H]([C@@H]4C[C@@H]34)[C@H]2C1=O. The fraction of sp³-hybridized carbons (Fsp3) is 0.450. The molecule has 0 unspecified atom stereocenters. The zero-order valence-electron chi connectivity index (χ0n) is 14.3. The molecule has 5 nitrogen and oxygen atoms in total. The molecule has 4 aliphatic carbocycles. The van der Waals surface area contributed by atoms with Gasteiger partial charge in [0.1, 0.15) is 6.04 Å². The van der Waals surface area contributed by atoms with Crippen LogP contribution in [0.2, 0.25) is 5.02 Å². The van der Waals surface area contributed by atoms with Crippen molar-refractivity contribution in [3.63, 3.8) is 0 Å². The van der Waals surface area contributed by atoms with E-state index in [-0.39, 0.29) is 35.5 Å². The molecule has 1 heterocycles. The monoisotopic (exact) mass is 370 g/mol. The van der Waals surface area contributed by atoms with Crippen molar-refractivity contribution >= 4 is 35.0 Å². The van der Waals surface area contributed by atoms with Gasteiger partial charge in [-0.3, -0.25) is 19.3 Å². The standard InChI is InChI=1S/C20H19ClN2O3/c1-9(18(24)22-15-5-3-2-4-14(15)21)23-19(25)16-10-6-7-11(13-8-12(10)13)17(16)20(23)26/h2-7,9-13,16-17H,8H2,1H3,(H,22,24)/t9-,10+,11+,12+,13+,16-,17-/m1/s1. The number of nitrogens with zero attached hydrogens (tertiary/aromatic N) is 1. The van der Waals surface area contributed by atoms with Gasteiger partial charge in [0.05, 0.1) is 22.5 Å². The van der Waals surface area contributed by atoms with Crippen molar-refractivity contribution < 1.29 is 14.4 Å². The van der Waals surface area contributed by atoms with Crippen molar-refractivity contribution in [2.75, 3.05) is 5.32 Å². The van der Waals surface area contributed by atoms with E-state index in [1.165, 1.54) is 4.90 Å². The molecule has 5 aliphatic rings. The van der Waals surface area contributed by atoms with Gasteiger partial charge in [0.2, 0.25) is 17.7 Å². The Morgan fingerprint density at radius 2 is 1.69 bits per heavy atom. The Morgan fingerprint density at radius 3 is 2.27 bits per heavy atom. The van der Waals surface area contributed by atoms with E-state index in [2.05, 4.69) is 17.5 Å². The quantitative estimate of drug-likeness (QED) is 0.657. The smallest absolute Gasteiger partial charge is 0.247 e. The topological polar surface area (TPSA) is 66.5 Å². The highest BCUT2D eigenvalue weighted by atomic mass is 35.5. The van der Waals surface area contributed by atoms with Gasteiger partial charge < -0.3 is 5.32 Å². The number of rotatable bonds is 3. The van der Waals surface area contributed by atoms with E-state index in [0.717, 1.165) is 6.42 Å². The molecule has 0 radical (unpaired) electrons. The summed E-state index contributed by atoms with van der Waals surface area (Å²) in [5.74, 6) is 0.0894. The third kappa shape index (κ3) is 2.07. The highest BCUT2D eigenvalue weighted by Gasteiger charge is 2.67. The van der Waals surface area contributed by atoms with Crippen LogP contribution in [0.3, 0.4) is 0 Å². The Hall–Kier alpha value is -2.14. The first-order valence-corrected chi connectivity index (χ1v) is 9.47. The Morgan fingerprint density at radius 1 is 1.12 bits per heavy atom. The van der Waals surface area contributed by atoms with Crippen LogP contribution in [0.1, 0.15) is 13.3 Å². The first kappa shape index (κ1) is 16.1. The minimum atomic E-state index is -0.854. The summed E-state index contributed by atoms with van der Waals surface area (Å²) >= 11 is 6.09. The molecule has 3 amide bonds. The Bertz CT molecular complexity index is 830.